The van der Waals surface area contributed by atoms with Gasteiger partial charge in [-0.2, -0.15) is 0 Å². The molecule has 1 aromatic rings. The van der Waals surface area contributed by atoms with Crippen molar-refractivity contribution in [1.29, 1.82) is 0 Å². The van der Waals surface area contributed by atoms with E-state index in [-0.39, 0.29) is 34.9 Å². The number of fused-ring (bicyclic) bond motifs is 3. The summed E-state index contributed by atoms with van der Waals surface area (Å²) in [5.74, 6) is -0.380. The van der Waals surface area contributed by atoms with E-state index >= 15 is 0 Å². The number of allylic oxidation sites excluding steroid dienone is 3. The Labute approximate surface area is 138 Å². The zero-order chi connectivity index (χ0) is 17.0. The average Bonchev–Trinajstić information content (AvgIpc) is 2.51. The van der Waals surface area contributed by atoms with Crippen LogP contribution in [0.3, 0.4) is 0 Å². The van der Waals surface area contributed by atoms with Crippen molar-refractivity contribution in [3.63, 3.8) is 0 Å². The van der Waals surface area contributed by atoms with Gasteiger partial charge in [-0.3, -0.25) is 0 Å². The number of aliphatic hydroxyl groups is 1. The highest BCUT2D eigenvalue weighted by Crippen LogP contribution is 2.60. The van der Waals surface area contributed by atoms with Crippen molar-refractivity contribution in [3.8, 4) is 11.5 Å². The third kappa shape index (κ3) is 2.13. The summed E-state index contributed by atoms with van der Waals surface area (Å²) in [5.41, 5.74) is 3.28. The first kappa shape index (κ1) is 16.1. The van der Waals surface area contributed by atoms with Gasteiger partial charge in [0.15, 0.2) is 11.5 Å². The Morgan fingerprint density at radius 1 is 1.17 bits per heavy atom. The Hall–Kier alpha value is -1.74. The van der Waals surface area contributed by atoms with Crippen molar-refractivity contribution in [2.45, 2.75) is 46.5 Å². The Bertz CT molecular complexity index is 712. The van der Waals surface area contributed by atoms with Crippen LogP contribution in [-0.2, 0) is 0 Å². The highest BCUT2D eigenvalue weighted by atomic mass is 16.3. The van der Waals surface area contributed by atoms with E-state index in [9.17, 15) is 15.3 Å². The lowest BCUT2D eigenvalue weighted by Gasteiger charge is -2.49. The van der Waals surface area contributed by atoms with Crippen LogP contribution in [0.2, 0.25) is 0 Å². The van der Waals surface area contributed by atoms with Gasteiger partial charge in [0.25, 0.3) is 0 Å². The van der Waals surface area contributed by atoms with Gasteiger partial charge in [0, 0.05) is 29.1 Å². The van der Waals surface area contributed by atoms with Gasteiger partial charge in [-0.15, -0.1) is 0 Å². The molecule has 0 aromatic heterocycles. The molecule has 0 bridgehead atoms. The maximum Gasteiger partial charge on any atom is 0.166 e. The maximum absolute atomic E-state index is 10.7. The molecule has 3 heteroatoms. The molecule has 0 saturated heterocycles. The van der Waals surface area contributed by atoms with E-state index in [0.717, 1.165) is 29.5 Å². The van der Waals surface area contributed by atoms with Gasteiger partial charge in [0.2, 0.25) is 0 Å². The number of aliphatic hydroxyl groups excluding tert-OH is 1. The topological polar surface area (TPSA) is 60.7 Å². The first-order valence-electron chi connectivity index (χ1n) is 8.33. The molecule has 2 aliphatic carbocycles. The fraction of sp³-hybridized carbons (Fsp3) is 0.500. The van der Waals surface area contributed by atoms with Crippen LogP contribution in [0.25, 0.3) is 11.6 Å². The highest BCUT2D eigenvalue weighted by molar-refractivity contribution is 5.89. The van der Waals surface area contributed by atoms with Crippen LogP contribution < -0.4 is 0 Å². The minimum atomic E-state index is -0.218. The minimum absolute atomic E-state index is 0.0580. The second-order valence-electron chi connectivity index (χ2n) is 7.79. The normalized spacial score (nSPS) is 26.2. The van der Waals surface area contributed by atoms with Crippen molar-refractivity contribution in [3.05, 3.63) is 34.9 Å². The second kappa shape index (κ2) is 5.13. The number of phenols is 2. The molecule has 0 spiro atoms. The highest BCUT2D eigenvalue weighted by Gasteiger charge is 2.46. The van der Waals surface area contributed by atoms with Crippen molar-refractivity contribution < 1.29 is 15.3 Å². The van der Waals surface area contributed by atoms with Crippen LogP contribution in [0, 0.1) is 10.8 Å². The molecule has 0 heterocycles. The molecule has 0 radical (unpaired) electrons. The molecule has 0 aliphatic heterocycles. The smallest absolute Gasteiger partial charge is 0.166 e. The largest absolute Gasteiger partial charge is 0.504 e. The molecule has 0 saturated carbocycles. The van der Waals surface area contributed by atoms with E-state index < -0.39 is 0 Å². The van der Waals surface area contributed by atoms with E-state index in [1.165, 1.54) is 0 Å². The van der Waals surface area contributed by atoms with Gasteiger partial charge >= 0.3 is 0 Å². The number of rotatable bonds is 2. The number of hydrogen-bond acceptors (Lipinski definition) is 3. The minimum Gasteiger partial charge on any atom is -0.504 e. The third-order valence-electron chi connectivity index (χ3n) is 6.09. The SMILES string of the molecule is CC(CO)c1cc2c(c(O)c1O)C1=CCCC(C)(C)C1(C)C=C2. The summed E-state index contributed by atoms with van der Waals surface area (Å²) in [5, 5.41) is 30.5. The molecule has 1 aromatic carbocycles. The predicted molar refractivity (Wildman–Crippen MR) is 93.4 cm³/mol. The summed E-state index contributed by atoms with van der Waals surface area (Å²) >= 11 is 0. The van der Waals surface area contributed by atoms with Gasteiger partial charge in [0.05, 0.1) is 0 Å². The Morgan fingerprint density at radius 3 is 2.52 bits per heavy atom. The average molecular weight is 314 g/mol. The van der Waals surface area contributed by atoms with Gasteiger partial charge in [-0.1, -0.05) is 45.9 Å². The molecule has 3 nitrogen and oxygen atoms in total. The lowest BCUT2D eigenvalue weighted by Crippen LogP contribution is -2.38. The number of hydrogen-bond donors (Lipinski definition) is 3. The third-order valence-corrected chi connectivity index (χ3v) is 6.09. The molecule has 0 fully saturated rings. The Kier molecular flexibility index (Phi) is 3.60. The Morgan fingerprint density at radius 2 is 1.87 bits per heavy atom. The predicted octanol–water partition coefficient (Wildman–Crippen LogP) is 4.43. The van der Waals surface area contributed by atoms with Gasteiger partial charge in [-0.25, -0.2) is 0 Å². The first-order chi connectivity index (χ1) is 10.7. The van der Waals surface area contributed by atoms with E-state index in [1.807, 2.05) is 19.1 Å². The van der Waals surface area contributed by atoms with E-state index in [2.05, 4.69) is 32.9 Å². The summed E-state index contributed by atoms with van der Waals surface area (Å²) in [6.45, 7) is 8.49. The Balaban J connectivity index is 2.26. The molecule has 23 heavy (non-hydrogen) atoms. The molecule has 3 N–H and O–H groups in total. The molecular formula is C20H26O3. The summed E-state index contributed by atoms with van der Waals surface area (Å²) < 4.78 is 0. The van der Waals surface area contributed by atoms with E-state index in [1.54, 1.807) is 0 Å². The lowest BCUT2D eigenvalue weighted by atomic mass is 9.55. The van der Waals surface area contributed by atoms with Gasteiger partial charge < -0.3 is 15.3 Å². The van der Waals surface area contributed by atoms with Crippen LogP contribution in [0.15, 0.2) is 18.2 Å². The van der Waals surface area contributed by atoms with Crippen molar-refractivity contribution in [1.82, 2.24) is 0 Å². The monoisotopic (exact) mass is 314 g/mol. The molecule has 2 aliphatic rings. The van der Waals surface area contributed by atoms with Crippen LogP contribution in [0.4, 0.5) is 0 Å². The molecule has 3 rings (SSSR count). The molecule has 2 atom stereocenters. The van der Waals surface area contributed by atoms with E-state index in [0.29, 0.717) is 5.56 Å². The summed E-state index contributed by atoms with van der Waals surface area (Å²) in [6, 6.07) is 1.89. The van der Waals surface area contributed by atoms with Crippen molar-refractivity contribution in [2.75, 3.05) is 6.61 Å². The van der Waals surface area contributed by atoms with Crippen LogP contribution >= 0.6 is 0 Å². The fourth-order valence-corrected chi connectivity index (χ4v) is 3.94. The van der Waals surface area contributed by atoms with Gasteiger partial charge in [-0.05, 0) is 35.5 Å². The molecule has 2 unspecified atom stereocenters. The summed E-state index contributed by atoms with van der Waals surface area (Å²) in [4.78, 5) is 0. The van der Waals surface area contributed by atoms with Gasteiger partial charge in [0.1, 0.15) is 0 Å². The van der Waals surface area contributed by atoms with Crippen molar-refractivity contribution >= 4 is 11.6 Å². The second-order valence-corrected chi connectivity index (χ2v) is 7.79. The van der Waals surface area contributed by atoms with E-state index in [4.69, 9.17) is 0 Å². The standard InChI is InChI=1S/C20H26O3/c1-12(11-21)14-10-13-7-9-20(4)15(6-5-8-19(20,2)3)16(13)18(23)17(14)22/h6-7,9-10,12,21-23H,5,8,11H2,1-4H3. The first-order valence-corrected chi connectivity index (χ1v) is 8.33. The zero-order valence-corrected chi connectivity index (χ0v) is 14.3. The van der Waals surface area contributed by atoms with Crippen LogP contribution in [0.1, 0.15) is 63.1 Å². The molecule has 0 amide bonds. The maximum atomic E-state index is 10.7. The fourth-order valence-electron chi connectivity index (χ4n) is 3.94. The molecular weight excluding hydrogens is 288 g/mol. The van der Waals surface area contributed by atoms with Crippen LogP contribution in [-0.4, -0.2) is 21.9 Å². The number of aromatic hydroxyl groups is 2. The van der Waals surface area contributed by atoms with Crippen LogP contribution in [0.5, 0.6) is 11.5 Å². The van der Waals surface area contributed by atoms with Crippen molar-refractivity contribution in [2.24, 2.45) is 10.8 Å². The summed E-state index contributed by atoms with van der Waals surface area (Å²) in [6.07, 6.45) is 8.54. The lowest BCUT2D eigenvalue weighted by molar-refractivity contribution is 0.182. The zero-order valence-electron chi connectivity index (χ0n) is 14.3. The number of phenolic OH excluding ortho intramolecular Hbond substituents is 2. The number of benzene rings is 1. The summed E-state index contributed by atoms with van der Waals surface area (Å²) in [7, 11) is 0. The molecule has 124 valence electrons. The quantitative estimate of drug-likeness (QED) is 0.708.